The van der Waals surface area contributed by atoms with Crippen molar-refractivity contribution in [3.05, 3.63) is 197 Å². The standard InChI is InChI=1S/C44H27NO/c46-43-32-18-8-11-21-38(32)44(39-22-12-9-19-33(39)43)37-20-10-7-17-31(37)34-26-36-35-25-29(28-13-3-1-4-14-28)23-24-41(35)45(42(36)27-40(34)44)30-15-5-2-6-16-30/h1-27H. The van der Waals surface area contributed by atoms with Crippen molar-refractivity contribution in [2.24, 2.45) is 0 Å². The summed E-state index contributed by atoms with van der Waals surface area (Å²) in [5, 5.41) is 2.44. The van der Waals surface area contributed by atoms with Crippen LogP contribution in [0.1, 0.15) is 38.2 Å². The Hall–Kier alpha value is -5.99. The Balaban J connectivity index is 1.38. The summed E-state index contributed by atoms with van der Waals surface area (Å²) in [5.41, 5.74) is 13.8. The zero-order chi connectivity index (χ0) is 30.4. The molecule has 0 saturated heterocycles. The lowest BCUT2D eigenvalue weighted by Gasteiger charge is -2.39. The number of nitrogens with zero attached hydrogens (tertiary/aromatic N) is 1. The monoisotopic (exact) mass is 585 g/mol. The van der Waals surface area contributed by atoms with Crippen molar-refractivity contribution in [3.63, 3.8) is 0 Å². The van der Waals surface area contributed by atoms with Crippen LogP contribution in [0.5, 0.6) is 0 Å². The van der Waals surface area contributed by atoms with E-state index >= 15 is 0 Å². The van der Waals surface area contributed by atoms with Gasteiger partial charge in [-0.3, -0.25) is 4.79 Å². The minimum Gasteiger partial charge on any atom is -0.309 e. The van der Waals surface area contributed by atoms with Gasteiger partial charge in [0.2, 0.25) is 0 Å². The maximum absolute atomic E-state index is 14.0. The van der Waals surface area contributed by atoms with Crippen LogP contribution in [0.4, 0.5) is 0 Å². The third-order valence-corrected chi connectivity index (χ3v) is 10.2. The van der Waals surface area contributed by atoms with Gasteiger partial charge >= 0.3 is 0 Å². The normalized spacial score (nSPS) is 13.9. The third kappa shape index (κ3) is 3.18. The zero-order valence-corrected chi connectivity index (χ0v) is 24.9. The van der Waals surface area contributed by atoms with E-state index in [0.29, 0.717) is 0 Å². The molecule has 2 nitrogen and oxygen atoms in total. The highest BCUT2D eigenvalue weighted by atomic mass is 16.1. The number of aromatic nitrogens is 1. The van der Waals surface area contributed by atoms with Crippen molar-refractivity contribution in [1.82, 2.24) is 4.57 Å². The average molecular weight is 586 g/mol. The Labute approximate surface area is 266 Å². The molecule has 0 bridgehead atoms. The smallest absolute Gasteiger partial charge is 0.193 e. The van der Waals surface area contributed by atoms with Gasteiger partial charge < -0.3 is 4.57 Å². The molecule has 0 N–H and O–H groups in total. The van der Waals surface area contributed by atoms with Crippen LogP contribution in [-0.2, 0) is 5.41 Å². The van der Waals surface area contributed by atoms with Gasteiger partial charge in [-0.15, -0.1) is 0 Å². The van der Waals surface area contributed by atoms with Crippen LogP contribution in [0.3, 0.4) is 0 Å². The Morgan fingerprint density at radius 1 is 0.391 bits per heavy atom. The molecule has 2 aliphatic rings. The van der Waals surface area contributed by atoms with Gasteiger partial charge in [-0.1, -0.05) is 127 Å². The number of carbonyl (C=O) groups excluding carboxylic acids is 1. The Kier molecular flexibility index (Phi) is 5.10. The largest absolute Gasteiger partial charge is 0.309 e. The van der Waals surface area contributed by atoms with Gasteiger partial charge in [0.05, 0.1) is 16.4 Å². The van der Waals surface area contributed by atoms with Crippen molar-refractivity contribution >= 4 is 27.6 Å². The zero-order valence-electron chi connectivity index (χ0n) is 24.9. The predicted octanol–water partition coefficient (Wildman–Crippen LogP) is 10.4. The third-order valence-electron chi connectivity index (χ3n) is 10.2. The second kappa shape index (κ2) is 9.26. The van der Waals surface area contributed by atoms with E-state index in [1.807, 2.05) is 24.3 Å². The first-order valence-corrected chi connectivity index (χ1v) is 15.8. The van der Waals surface area contributed by atoms with Crippen molar-refractivity contribution in [2.45, 2.75) is 5.41 Å². The van der Waals surface area contributed by atoms with E-state index in [4.69, 9.17) is 0 Å². The van der Waals surface area contributed by atoms with Gasteiger partial charge in [0.15, 0.2) is 5.78 Å². The van der Waals surface area contributed by atoms with Crippen LogP contribution >= 0.6 is 0 Å². The summed E-state index contributed by atoms with van der Waals surface area (Å²) < 4.78 is 2.40. The number of para-hydroxylation sites is 1. The van der Waals surface area contributed by atoms with E-state index in [1.165, 1.54) is 49.7 Å². The van der Waals surface area contributed by atoms with E-state index in [0.717, 1.165) is 33.5 Å². The maximum Gasteiger partial charge on any atom is 0.193 e. The van der Waals surface area contributed by atoms with Gasteiger partial charge in [0, 0.05) is 27.6 Å². The van der Waals surface area contributed by atoms with E-state index in [9.17, 15) is 4.79 Å². The highest BCUT2D eigenvalue weighted by Gasteiger charge is 2.51. The SMILES string of the molecule is O=C1c2ccccc2C2(c3ccccc31)c1ccccc1-c1cc3c4cc(-c5ccccc5)ccc4n(-c4ccccc4)c3cc12. The lowest BCUT2D eigenvalue weighted by Crippen LogP contribution is -2.36. The van der Waals surface area contributed by atoms with E-state index in [1.54, 1.807) is 0 Å². The van der Waals surface area contributed by atoms with Crippen molar-refractivity contribution in [2.75, 3.05) is 0 Å². The number of rotatable bonds is 2. The Morgan fingerprint density at radius 3 is 1.61 bits per heavy atom. The fraction of sp³-hybridized carbons (Fsp3) is 0.0227. The molecule has 214 valence electrons. The van der Waals surface area contributed by atoms with Crippen LogP contribution in [0, 0.1) is 0 Å². The fourth-order valence-corrected chi connectivity index (χ4v) is 8.34. The van der Waals surface area contributed by atoms with Gasteiger partial charge in [-0.05, 0) is 80.9 Å². The van der Waals surface area contributed by atoms with E-state index < -0.39 is 5.41 Å². The molecule has 8 aromatic rings. The molecule has 0 atom stereocenters. The van der Waals surface area contributed by atoms with Crippen LogP contribution in [0.2, 0.25) is 0 Å². The fourth-order valence-electron chi connectivity index (χ4n) is 8.34. The molecule has 2 aliphatic carbocycles. The first kappa shape index (κ1) is 25.3. The molecule has 2 heteroatoms. The average Bonchev–Trinajstić information content (AvgIpc) is 3.60. The molecule has 0 fully saturated rings. The second-order valence-electron chi connectivity index (χ2n) is 12.4. The topological polar surface area (TPSA) is 22.0 Å². The van der Waals surface area contributed by atoms with Crippen LogP contribution in [0.15, 0.2) is 164 Å². The molecule has 1 heterocycles. The summed E-state index contributed by atoms with van der Waals surface area (Å²) in [5.74, 6) is 0.0932. The van der Waals surface area contributed by atoms with Crippen molar-refractivity contribution in [1.29, 1.82) is 0 Å². The molecular weight excluding hydrogens is 558 g/mol. The van der Waals surface area contributed by atoms with Gasteiger partial charge in [0.25, 0.3) is 0 Å². The number of hydrogen-bond acceptors (Lipinski definition) is 1. The summed E-state index contributed by atoms with van der Waals surface area (Å²) in [7, 11) is 0. The van der Waals surface area contributed by atoms with Gasteiger partial charge in [-0.2, -0.15) is 0 Å². The van der Waals surface area contributed by atoms with Gasteiger partial charge in [-0.25, -0.2) is 0 Å². The molecule has 1 spiro atoms. The number of ketones is 1. The molecule has 1 aromatic heterocycles. The Morgan fingerprint density at radius 2 is 0.935 bits per heavy atom. The van der Waals surface area contributed by atoms with Crippen LogP contribution in [0.25, 0.3) is 49.7 Å². The molecule has 10 rings (SSSR count). The summed E-state index contributed by atoms with van der Waals surface area (Å²) in [6.45, 7) is 0. The summed E-state index contributed by atoms with van der Waals surface area (Å²) >= 11 is 0. The van der Waals surface area contributed by atoms with Crippen molar-refractivity contribution in [3.8, 4) is 27.9 Å². The van der Waals surface area contributed by atoms with Crippen LogP contribution < -0.4 is 0 Å². The first-order chi connectivity index (χ1) is 22.7. The molecule has 0 unspecified atom stereocenters. The van der Waals surface area contributed by atoms with E-state index in [-0.39, 0.29) is 5.78 Å². The lowest BCUT2D eigenvalue weighted by molar-refractivity contribution is 0.103. The number of benzene rings is 7. The molecular formula is C44H27NO. The minimum atomic E-state index is -0.617. The van der Waals surface area contributed by atoms with Crippen molar-refractivity contribution < 1.29 is 4.79 Å². The summed E-state index contributed by atoms with van der Waals surface area (Å²) in [4.78, 5) is 14.0. The first-order valence-electron chi connectivity index (χ1n) is 15.8. The van der Waals surface area contributed by atoms with Crippen LogP contribution in [-0.4, -0.2) is 10.4 Å². The number of hydrogen-bond donors (Lipinski definition) is 0. The lowest BCUT2D eigenvalue weighted by atomic mass is 9.61. The van der Waals surface area contributed by atoms with E-state index in [2.05, 4.69) is 144 Å². The summed E-state index contributed by atoms with van der Waals surface area (Å²) in [6.07, 6.45) is 0. The highest BCUT2D eigenvalue weighted by Crippen LogP contribution is 2.60. The molecule has 0 saturated carbocycles. The molecule has 46 heavy (non-hydrogen) atoms. The highest BCUT2D eigenvalue weighted by molar-refractivity contribution is 6.16. The molecule has 0 amide bonds. The second-order valence-corrected chi connectivity index (χ2v) is 12.4. The summed E-state index contributed by atoms with van der Waals surface area (Å²) in [6, 6.07) is 58.2. The molecule has 0 radical (unpaired) electrons. The van der Waals surface area contributed by atoms with Gasteiger partial charge in [0.1, 0.15) is 0 Å². The number of carbonyl (C=O) groups is 1. The molecule has 7 aromatic carbocycles. The number of fused-ring (bicyclic) bond motifs is 12. The quantitative estimate of drug-likeness (QED) is 0.198. The Bertz CT molecular complexity index is 2490. The maximum atomic E-state index is 14.0. The minimum absolute atomic E-state index is 0.0932. The predicted molar refractivity (Wildman–Crippen MR) is 187 cm³/mol. The molecule has 0 aliphatic heterocycles.